The molecular formula is C19H28N2O2. The monoisotopic (exact) mass is 316 g/mol. The van der Waals surface area contributed by atoms with Crippen LogP contribution in [0.4, 0.5) is 0 Å². The first kappa shape index (κ1) is 17.7. The summed E-state index contributed by atoms with van der Waals surface area (Å²) in [6, 6.07) is 4.14. The first-order valence-corrected chi connectivity index (χ1v) is 8.53. The number of piperazine rings is 1. The van der Waals surface area contributed by atoms with Crippen LogP contribution in [0.25, 0.3) is 0 Å². The first-order valence-electron chi connectivity index (χ1n) is 8.53. The molecule has 0 N–H and O–H groups in total. The van der Waals surface area contributed by atoms with Crippen molar-refractivity contribution in [2.24, 2.45) is 0 Å². The Morgan fingerprint density at radius 3 is 2.09 bits per heavy atom. The van der Waals surface area contributed by atoms with Gasteiger partial charge in [-0.05, 0) is 38.3 Å². The third-order valence-corrected chi connectivity index (χ3v) is 4.51. The Morgan fingerprint density at radius 2 is 1.57 bits per heavy atom. The highest BCUT2D eigenvalue weighted by Crippen LogP contribution is 2.18. The zero-order valence-electron chi connectivity index (χ0n) is 14.8. The predicted molar refractivity (Wildman–Crippen MR) is 92.9 cm³/mol. The van der Waals surface area contributed by atoms with Gasteiger partial charge in [0.15, 0.2) is 5.78 Å². The fourth-order valence-electron chi connectivity index (χ4n) is 3.43. The zero-order chi connectivity index (χ0) is 17.0. The molecule has 1 amide bonds. The lowest BCUT2D eigenvalue weighted by atomic mass is 9.96. The van der Waals surface area contributed by atoms with Crippen LogP contribution in [0.3, 0.4) is 0 Å². The highest BCUT2D eigenvalue weighted by molar-refractivity contribution is 6.00. The van der Waals surface area contributed by atoms with Gasteiger partial charge in [0.1, 0.15) is 0 Å². The smallest absolute Gasteiger partial charge is 0.222 e. The van der Waals surface area contributed by atoms with Crippen molar-refractivity contribution in [2.45, 2.75) is 40.5 Å². The number of carbonyl (C=O) groups is 2. The Morgan fingerprint density at radius 1 is 1.00 bits per heavy atom. The molecule has 0 unspecified atom stereocenters. The molecule has 1 heterocycles. The molecule has 126 valence electrons. The molecule has 0 saturated carbocycles. The maximum Gasteiger partial charge on any atom is 0.222 e. The molecule has 0 bridgehead atoms. The lowest BCUT2D eigenvalue weighted by molar-refractivity contribution is -0.132. The third-order valence-electron chi connectivity index (χ3n) is 4.51. The molecule has 0 aliphatic carbocycles. The molecular weight excluding hydrogens is 288 g/mol. The third kappa shape index (κ3) is 4.41. The number of nitrogens with zero attached hydrogens (tertiary/aromatic N) is 2. The maximum atomic E-state index is 12.7. The zero-order valence-corrected chi connectivity index (χ0v) is 14.8. The van der Waals surface area contributed by atoms with Gasteiger partial charge in [0.2, 0.25) is 5.91 Å². The van der Waals surface area contributed by atoms with Crippen molar-refractivity contribution >= 4 is 11.7 Å². The molecule has 1 aliphatic heterocycles. The summed E-state index contributed by atoms with van der Waals surface area (Å²) in [5.41, 5.74) is 4.17. The number of hydrogen-bond acceptors (Lipinski definition) is 3. The summed E-state index contributed by atoms with van der Waals surface area (Å²) in [4.78, 5) is 28.7. The van der Waals surface area contributed by atoms with E-state index in [0.29, 0.717) is 13.0 Å². The minimum Gasteiger partial charge on any atom is -0.340 e. The average Bonchev–Trinajstić information content (AvgIpc) is 2.47. The van der Waals surface area contributed by atoms with Crippen LogP contribution < -0.4 is 0 Å². The summed E-state index contributed by atoms with van der Waals surface area (Å²) in [5, 5.41) is 0. The number of amides is 1. The van der Waals surface area contributed by atoms with Crippen LogP contribution >= 0.6 is 0 Å². The normalized spacial score (nSPS) is 15.7. The van der Waals surface area contributed by atoms with E-state index in [1.54, 1.807) is 0 Å². The number of carbonyl (C=O) groups excluding carboxylic acids is 2. The Kier molecular flexibility index (Phi) is 5.94. The van der Waals surface area contributed by atoms with Gasteiger partial charge in [-0.1, -0.05) is 24.6 Å². The summed E-state index contributed by atoms with van der Waals surface area (Å²) >= 11 is 0. The van der Waals surface area contributed by atoms with Crippen LogP contribution in [-0.2, 0) is 4.79 Å². The summed E-state index contributed by atoms with van der Waals surface area (Å²) in [5.74, 6) is 0.428. The largest absolute Gasteiger partial charge is 0.340 e. The molecule has 0 radical (unpaired) electrons. The van der Waals surface area contributed by atoms with Gasteiger partial charge < -0.3 is 4.90 Å². The Balaban J connectivity index is 1.94. The summed E-state index contributed by atoms with van der Waals surface area (Å²) in [7, 11) is 0. The topological polar surface area (TPSA) is 40.6 Å². The van der Waals surface area contributed by atoms with Gasteiger partial charge >= 0.3 is 0 Å². The number of aryl methyl sites for hydroxylation is 3. The summed E-state index contributed by atoms with van der Waals surface area (Å²) in [6.07, 6.45) is 1.52. The molecule has 1 fully saturated rings. The lowest BCUT2D eigenvalue weighted by Gasteiger charge is -2.34. The molecule has 4 heteroatoms. The SMILES string of the molecule is CCCC(=O)N1CCN(CC(=O)c2c(C)cc(C)cc2C)CC1. The van der Waals surface area contributed by atoms with Gasteiger partial charge in [0.25, 0.3) is 0 Å². The Bertz CT molecular complexity index is 564. The van der Waals surface area contributed by atoms with Crippen molar-refractivity contribution in [1.82, 2.24) is 9.80 Å². The van der Waals surface area contributed by atoms with Gasteiger partial charge in [0, 0.05) is 38.2 Å². The lowest BCUT2D eigenvalue weighted by Crippen LogP contribution is -2.49. The highest BCUT2D eigenvalue weighted by Gasteiger charge is 2.23. The van der Waals surface area contributed by atoms with Gasteiger partial charge in [-0.25, -0.2) is 0 Å². The second-order valence-corrected chi connectivity index (χ2v) is 6.60. The van der Waals surface area contributed by atoms with E-state index < -0.39 is 0 Å². The molecule has 0 spiro atoms. The summed E-state index contributed by atoms with van der Waals surface area (Å²) < 4.78 is 0. The number of rotatable bonds is 5. The fourth-order valence-corrected chi connectivity index (χ4v) is 3.43. The van der Waals surface area contributed by atoms with E-state index in [4.69, 9.17) is 0 Å². The van der Waals surface area contributed by atoms with Crippen LogP contribution in [0.5, 0.6) is 0 Å². The van der Waals surface area contributed by atoms with Gasteiger partial charge in [-0.3, -0.25) is 14.5 Å². The van der Waals surface area contributed by atoms with E-state index >= 15 is 0 Å². The van der Waals surface area contributed by atoms with Crippen LogP contribution in [0, 0.1) is 20.8 Å². The summed E-state index contributed by atoms with van der Waals surface area (Å²) in [6.45, 7) is 11.6. The van der Waals surface area contributed by atoms with Crippen molar-refractivity contribution in [2.75, 3.05) is 32.7 Å². The van der Waals surface area contributed by atoms with Crippen molar-refractivity contribution in [3.8, 4) is 0 Å². The molecule has 23 heavy (non-hydrogen) atoms. The standard InChI is InChI=1S/C19H28N2O2/c1-5-6-18(23)21-9-7-20(8-10-21)13-17(22)19-15(3)11-14(2)12-16(19)4/h11-12H,5-10,13H2,1-4H3. The van der Waals surface area contributed by atoms with E-state index in [9.17, 15) is 9.59 Å². The first-order chi connectivity index (χ1) is 10.9. The van der Waals surface area contributed by atoms with Gasteiger partial charge in [-0.15, -0.1) is 0 Å². The number of benzene rings is 1. The molecule has 4 nitrogen and oxygen atoms in total. The van der Waals surface area contributed by atoms with E-state index in [-0.39, 0.29) is 11.7 Å². The molecule has 1 aromatic carbocycles. The molecule has 0 aromatic heterocycles. The molecule has 1 aliphatic rings. The number of hydrogen-bond donors (Lipinski definition) is 0. The van der Waals surface area contributed by atoms with E-state index in [0.717, 1.165) is 49.3 Å². The molecule has 0 atom stereocenters. The van der Waals surface area contributed by atoms with Gasteiger partial charge in [-0.2, -0.15) is 0 Å². The van der Waals surface area contributed by atoms with Crippen molar-refractivity contribution < 1.29 is 9.59 Å². The van der Waals surface area contributed by atoms with Crippen molar-refractivity contribution in [3.05, 3.63) is 34.4 Å². The fraction of sp³-hybridized carbons (Fsp3) is 0.579. The van der Waals surface area contributed by atoms with Crippen LogP contribution in [0.2, 0.25) is 0 Å². The average molecular weight is 316 g/mol. The second kappa shape index (κ2) is 7.73. The van der Waals surface area contributed by atoms with Crippen LogP contribution in [0.15, 0.2) is 12.1 Å². The molecule has 1 saturated heterocycles. The van der Waals surface area contributed by atoms with Crippen LogP contribution in [-0.4, -0.2) is 54.2 Å². The highest BCUT2D eigenvalue weighted by atomic mass is 16.2. The van der Waals surface area contributed by atoms with Crippen molar-refractivity contribution in [1.29, 1.82) is 0 Å². The Hall–Kier alpha value is -1.68. The maximum absolute atomic E-state index is 12.7. The minimum absolute atomic E-state index is 0.188. The Labute approximate surface area is 139 Å². The number of ketones is 1. The minimum atomic E-state index is 0.188. The molecule has 2 rings (SSSR count). The number of Topliss-reactive ketones (excluding diaryl/α,β-unsaturated/α-hetero) is 1. The second-order valence-electron chi connectivity index (χ2n) is 6.60. The molecule has 1 aromatic rings. The van der Waals surface area contributed by atoms with Crippen molar-refractivity contribution in [3.63, 3.8) is 0 Å². The van der Waals surface area contributed by atoms with Crippen LogP contribution in [0.1, 0.15) is 46.8 Å². The van der Waals surface area contributed by atoms with E-state index in [1.807, 2.05) is 25.7 Å². The quantitative estimate of drug-likeness (QED) is 0.784. The van der Waals surface area contributed by atoms with E-state index in [1.165, 1.54) is 5.56 Å². The predicted octanol–water partition coefficient (Wildman–Crippen LogP) is 2.74. The van der Waals surface area contributed by atoms with E-state index in [2.05, 4.69) is 24.0 Å². The van der Waals surface area contributed by atoms with Gasteiger partial charge in [0.05, 0.1) is 6.54 Å².